The number of aryl methyl sites for hydroxylation is 2. The monoisotopic (exact) mass is 275 g/mol. The molecule has 0 saturated heterocycles. The predicted molar refractivity (Wildman–Crippen MR) is 72.6 cm³/mol. The van der Waals surface area contributed by atoms with Crippen molar-refractivity contribution in [2.24, 2.45) is 7.05 Å². The number of hydroxylamine groups is 1. The predicted octanol–water partition coefficient (Wildman–Crippen LogP) is 1.68. The quantitative estimate of drug-likeness (QED) is 0.643. The largest absolute Gasteiger partial charge is 0.472 e. The summed E-state index contributed by atoms with van der Waals surface area (Å²) in [6, 6.07) is 7.13. The maximum atomic E-state index is 11.7. The van der Waals surface area contributed by atoms with Gasteiger partial charge in [-0.2, -0.15) is 0 Å². The maximum Gasteiger partial charge on any atom is 0.275 e. The molecule has 106 valence electrons. The standard InChI is InChI=1S/C14H17N3O3/c1-3-10-5-4-6-11(14(18)16-19)12(10)9-20-13-7-8-17(2)15-13/h4-8,19H,3,9H2,1-2H3,(H,16,18). The van der Waals surface area contributed by atoms with Crippen LogP contribution in [0.2, 0.25) is 0 Å². The highest BCUT2D eigenvalue weighted by Gasteiger charge is 2.14. The molecule has 1 heterocycles. The van der Waals surface area contributed by atoms with Gasteiger partial charge in [0.1, 0.15) is 6.61 Å². The number of amides is 1. The van der Waals surface area contributed by atoms with Gasteiger partial charge in [-0.3, -0.25) is 14.7 Å². The normalized spacial score (nSPS) is 10.3. The van der Waals surface area contributed by atoms with Crippen molar-refractivity contribution in [3.63, 3.8) is 0 Å². The van der Waals surface area contributed by atoms with Crippen LogP contribution in [-0.4, -0.2) is 20.9 Å². The van der Waals surface area contributed by atoms with Gasteiger partial charge in [0.05, 0.1) is 0 Å². The van der Waals surface area contributed by atoms with Crippen LogP contribution in [0.25, 0.3) is 0 Å². The Kier molecular flexibility index (Phi) is 4.37. The molecule has 6 heteroatoms. The molecular formula is C14H17N3O3. The first kappa shape index (κ1) is 14.1. The zero-order chi connectivity index (χ0) is 14.5. The zero-order valence-electron chi connectivity index (χ0n) is 11.5. The van der Waals surface area contributed by atoms with Gasteiger partial charge in [0.15, 0.2) is 0 Å². The summed E-state index contributed by atoms with van der Waals surface area (Å²) in [5.41, 5.74) is 3.82. The number of rotatable bonds is 5. The Morgan fingerprint density at radius 2 is 2.25 bits per heavy atom. The molecule has 0 bridgehead atoms. The molecule has 1 aromatic carbocycles. The number of benzene rings is 1. The molecular weight excluding hydrogens is 258 g/mol. The molecule has 0 spiro atoms. The van der Waals surface area contributed by atoms with Gasteiger partial charge in [-0.1, -0.05) is 19.1 Å². The number of hydrogen-bond acceptors (Lipinski definition) is 4. The van der Waals surface area contributed by atoms with Crippen LogP contribution in [0.5, 0.6) is 5.88 Å². The van der Waals surface area contributed by atoms with Crippen molar-refractivity contribution in [2.45, 2.75) is 20.0 Å². The van der Waals surface area contributed by atoms with Crippen LogP contribution >= 0.6 is 0 Å². The van der Waals surface area contributed by atoms with E-state index in [1.54, 1.807) is 41.6 Å². The molecule has 2 rings (SSSR count). The molecule has 0 unspecified atom stereocenters. The van der Waals surface area contributed by atoms with Crippen LogP contribution in [0.15, 0.2) is 30.5 Å². The van der Waals surface area contributed by atoms with Crippen LogP contribution in [-0.2, 0) is 20.1 Å². The first-order valence-corrected chi connectivity index (χ1v) is 6.33. The average Bonchev–Trinajstić information content (AvgIpc) is 2.89. The number of ether oxygens (including phenoxy) is 1. The molecule has 0 aliphatic heterocycles. The lowest BCUT2D eigenvalue weighted by molar-refractivity contribution is 0.0703. The molecule has 1 amide bonds. The van der Waals surface area contributed by atoms with E-state index >= 15 is 0 Å². The molecule has 0 atom stereocenters. The Morgan fingerprint density at radius 3 is 2.85 bits per heavy atom. The van der Waals surface area contributed by atoms with Crippen molar-refractivity contribution in [1.82, 2.24) is 15.3 Å². The van der Waals surface area contributed by atoms with Crippen molar-refractivity contribution in [1.29, 1.82) is 0 Å². The number of carbonyl (C=O) groups is 1. The number of carbonyl (C=O) groups excluding carboxylic acids is 1. The van der Waals surface area contributed by atoms with Gasteiger partial charge in [-0.15, -0.1) is 5.10 Å². The lowest BCUT2D eigenvalue weighted by Gasteiger charge is -2.12. The van der Waals surface area contributed by atoms with E-state index in [0.717, 1.165) is 17.5 Å². The van der Waals surface area contributed by atoms with E-state index < -0.39 is 5.91 Å². The smallest absolute Gasteiger partial charge is 0.275 e. The molecule has 0 saturated carbocycles. The minimum atomic E-state index is -0.542. The number of nitrogens with zero attached hydrogens (tertiary/aromatic N) is 2. The fraction of sp³-hybridized carbons (Fsp3) is 0.286. The van der Waals surface area contributed by atoms with Crippen molar-refractivity contribution in [3.8, 4) is 5.88 Å². The SMILES string of the molecule is CCc1cccc(C(=O)NO)c1COc1ccn(C)n1. The van der Waals surface area contributed by atoms with Gasteiger partial charge in [0, 0.05) is 30.4 Å². The minimum Gasteiger partial charge on any atom is -0.472 e. The fourth-order valence-corrected chi connectivity index (χ4v) is 2.03. The summed E-state index contributed by atoms with van der Waals surface area (Å²) in [4.78, 5) is 11.7. The van der Waals surface area contributed by atoms with E-state index in [1.165, 1.54) is 0 Å². The van der Waals surface area contributed by atoms with Gasteiger partial charge < -0.3 is 4.74 Å². The van der Waals surface area contributed by atoms with Crippen molar-refractivity contribution in [3.05, 3.63) is 47.2 Å². The summed E-state index contributed by atoms with van der Waals surface area (Å²) in [5, 5.41) is 12.9. The summed E-state index contributed by atoms with van der Waals surface area (Å²) < 4.78 is 7.24. The summed E-state index contributed by atoms with van der Waals surface area (Å²) in [7, 11) is 1.80. The summed E-state index contributed by atoms with van der Waals surface area (Å²) >= 11 is 0. The third kappa shape index (κ3) is 2.97. The fourth-order valence-electron chi connectivity index (χ4n) is 2.03. The van der Waals surface area contributed by atoms with Crippen LogP contribution in [0.3, 0.4) is 0 Å². The van der Waals surface area contributed by atoms with E-state index in [1.807, 2.05) is 13.0 Å². The molecule has 6 nitrogen and oxygen atoms in total. The van der Waals surface area contributed by atoms with Gasteiger partial charge >= 0.3 is 0 Å². The Bertz CT molecular complexity index is 607. The van der Waals surface area contributed by atoms with Crippen LogP contribution in [0, 0.1) is 0 Å². The van der Waals surface area contributed by atoms with Gasteiger partial charge in [-0.05, 0) is 18.1 Å². The highest BCUT2D eigenvalue weighted by Crippen LogP contribution is 2.18. The molecule has 0 aliphatic carbocycles. The Morgan fingerprint density at radius 1 is 1.45 bits per heavy atom. The Hall–Kier alpha value is -2.34. The minimum absolute atomic E-state index is 0.226. The van der Waals surface area contributed by atoms with E-state index in [9.17, 15) is 4.79 Å². The highest BCUT2D eigenvalue weighted by molar-refractivity contribution is 5.95. The van der Waals surface area contributed by atoms with Crippen molar-refractivity contribution in [2.75, 3.05) is 0 Å². The molecule has 2 N–H and O–H groups in total. The van der Waals surface area contributed by atoms with E-state index in [2.05, 4.69) is 5.10 Å². The lowest BCUT2D eigenvalue weighted by atomic mass is 9.99. The van der Waals surface area contributed by atoms with E-state index in [4.69, 9.17) is 9.94 Å². The number of hydrogen-bond donors (Lipinski definition) is 2. The summed E-state index contributed by atoms with van der Waals surface area (Å²) in [6.45, 7) is 2.23. The maximum absolute atomic E-state index is 11.7. The highest BCUT2D eigenvalue weighted by atomic mass is 16.5. The second-order valence-corrected chi connectivity index (χ2v) is 4.35. The molecule has 0 fully saturated rings. The average molecular weight is 275 g/mol. The van der Waals surface area contributed by atoms with Gasteiger partial charge in [0.2, 0.25) is 5.88 Å². The van der Waals surface area contributed by atoms with Crippen LogP contribution < -0.4 is 10.2 Å². The third-order valence-electron chi connectivity index (χ3n) is 3.05. The first-order valence-electron chi connectivity index (χ1n) is 6.33. The third-order valence-corrected chi connectivity index (χ3v) is 3.05. The zero-order valence-corrected chi connectivity index (χ0v) is 11.5. The van der Waals surface area contributed by atoms with Gasteiger partial charge in [0.25, 0.3) is 5.91 Å². The Balaban J connectivity index is 2.26. The van der Waals surface area contributed by atoms with Crippen LogP contribution in [0.4, 0.5) is 0 Å². The molecule has 20 heavy (non-hydrogen) atoms. The van der Waals surface area contributed by atoms with E-state index in [0.29, 0.717) is 11.4 Å². The number of aromatic nitrogens is 2. The summed E-state index contributed by atoms with van der Waals surface area (Å²) in [5.74, 6) is -0.0475. The topological polar surface area (TPSA) is 76.4 Å². The van der Waals surface area contributed by atoms with Crippen LogP contribution in [0.1, 0.15) is 28.4 Å². The Labute approximate surface area is 116 Å². The van der Waals surface area contributed by atoms with E-state index in [-0.39, 0.29) is 6.61 Å². The van der Waals surface area contributed by atoms with Crippen molar-refractivity contribution < 1.29 is 14.7 Å². The molecule has 0 radical (unpaired) electrons. The molecule has 0 aliphatic rings. The lowest BCUT2D eigenvalue weighted by Crippen LogP contribution is -2.21. The van der Waals surface area contributed by atoms with Gasteiger partial charge in [-0.25, -0.2) is 5.48 Å². The van der Waals surface area contributed by atoms with Crippen molar-refractivity contribution >= 4 is 5.91 Å². The number of nitrogens with one attached hydrogen (secondary N) is 1. The molecule has 2 aromatic rings. The molecule has 1 aromatic heterocycles. The second-order valence-electron chi connectivity index (χ2n) is 4.35. The first-order chi connectivity index (χ1) is 9.65. The second kappa shape index (κ2) is 6.21. The summed E-state index contributed by atoms with van der Waals surface area (Å²) in [6.07, 6.45) is 2.55.